The Labute approximate surface area is 115 Å². The summed E-state index contributed by atoms with van der Waals surface area (Å²) in [6, 6.07) is 3.54. The average molecular weight is 274 g/mol. The molecule has 0 atom stereocenters. The third-order valence-corrected chi connectivity index (χ3v) is 3.74. The van der Waals surface area contributed by atoms with E-state index in [0.29, 0.717) is 17.2 Å². The van der Waals surface area contributed by atoms with E-state index >= 15 is 0 Å². The molecule has 0 aliphatic heterocycles. The van der Waals surface area contributed by atoms with Crippen molar-refractivity contribution in [2.75, 3.05) is 5.73 Å². The van der Waals surface area contributed by atoms with Gasteiger partial charge in [0.15, 0.2) is 11.6 Å². The van der Waals surface area contributed by atoms with Gasteiger partial charge in [0, 0.05) is 11.1 Å². The summed E-state index contributed by atoms with van der Waals surface area (Å²) in [5.74, 6) is 5.46. The Balaban J connectivity index is 2.06. The standard InChI is InChI=1S/C14H15FN4O/c15-13-10(11-6-19-12(16)7-18-11)5-4-9(14(13)20-17)8-2-1-3-8/h4-8H,1-3,17H2,(H2,16,19). The van der Waals surface area contributed by atoms with Gasteiger partial charge >= 0.3 is 0 Å². The summed E-state index contributed by atoms with van der Waals surface area (Å²) >= 11 is 0. The van der Waals surface area contributed by atoms with Crippen molar-refractivity contribution in [2.24, 2.45) is 5.90 Å². The van der Waals surface area contributed by atoms with Crippen LogP contribution in [0.15, 0.2) is 24.5 Å². The molecule has 1 aliphatic rings. The van der Waals surface area contributed by atoms with Gasteiger partial charge in [0.05, 0.1) is 18.1 Å². The molecule has 1 heterocycles. The van der Waals surface area contributed by atoms with Crippen molar-refractivity contribution in [3.63, 3.8) is 0 Å². The number of halogens is 1. The van der Waals surface area contributed by atoms with Crippen LogP contribution in [0.5, 0.6) is 5.75 Å². The van der Waals surface area contributed by atoms with Crippen LogP contribution in [0.4, 0.5) is 10.2 Å². The molecule has 1 saturated carbocycles. The Kier molecular flexibility index (Phi) is 3.23. The number of anilines is 1. The molecule has 3 rings (SSSR count). The van der Waals surface area contributed by atoms with Crippen molar-refractivity contribution < 1.29 is 9.23 Å². The van der Waals surface area contributed by atoms with Crippen LogP contribution >= 0.6 is 0 Å². The number of hydrogen-bond donors (Lipinski definition) is 2. The molecular weight excluding hydrogens is 259 g/mol. The van der Waals surface area contributed by atoms with Crippen LogP contribution in [-0.2, 0) is 0 Å². The van der Waals surface area contributed by atoms with E-state index in [2.05, 4.69) is 9.97 Å². The normalized spacial score (nSPS) is 14.9. The molecule has 104 valence electrons. The van der Waals surface area contributed by atoms with E-state index in [9.17, 15) is 4.39 Å². The number of rotatable bonds is 3. The third kappa shape index (κ3) is 2.08. The predicted molar refractivity (Wildman–Crippen MR) is 73.2 cm³/mol. The second-order valence-corrected chi connectivity index (χ2v) is 4.92. The smallest absolute Gasteiger partial charge is 0.186 e. The van der Waals surface area contributed by atoms with Crippen LogP contribution in [0.3, 0.4) is 0 Å². The molecule has 0 unspecified atom stereocenters. The van der Waals surface area contributed by atoms with Gasteiger partial charge in [-0.05, 0) is 24.8 Å². The van der Waals surface area contributed by atoms with Crippen LogP contribution in [0.1, 0.15) is 30.7 Å². The van der Waals surface area contributed by atoms with E-state index in [1.807, 2.05) is 6.07 Å². The van der Waals surface area contributed by atoms with Gasteiger partial charge in [0.25, 0.3) is 0 Å². The minimum atomic E-state index is -0.504. The number of nitrogens with two attached hydrogens (primary N) is 2. The fourth-order valence-electron chi connectivity index (χ4n) is 2.41. The average Bonchev–Trinajstić information content (AvgIpc) is 2.39. The summed E-state index contributed by atoms with van der Waals surface area (Å²) in [6.07, 6.45) is 6.05. The lowest BCUT2D eigenvalue weighted by Gasteiger charge is -2.27. The van der Waals surface area contributed by atoms with Crippen LogP contribution < -0.4 is 16.5 Å². The summed E-state index contributed by atoms with van der Waals surface area (Å²) in [6.45, 7) is 0. The van der Waals surface area contributed by atoms with E-state index < -0.39 is 5.82 Å². The van der Waals surface area contributed by atoms with Gasteiger partial charge in [-0.15, -0.1) is 0 Å². The second-order valence-electron chi connectivity index (χ2n) is 4.92. The fourth-order valence-corrected chi connectivity index (χ4v) is 2.41. The first-order valence-electron chi connectivity index (χ1n) is 6.47. The van der Waals surface area contributed by atoms with Gasteiger partial charge < -0.3 is 10.6 Å². The zero-order valence-electron chi connectivity index (χ0n) is 10.8. The topological polar surface area (TPSA) is 87.0 Å². The molecule has 1 fully saturated rings. The molecule has 6 heteroatoms. The van der Waals surface area contributed by atoms with Crippen LogP contribution in [0.2, 0.25) is 0 Å². The van der Waals surface area contributed by atoms with Crippen molar-refractivity contribution in [3.05, 3.63) is 35.9 Å². The molecule has 5 nitrogen and oxygen atoms in total. The van der Waals surface area contributed by atoms with Gasteiger partial charge in [-0.3, -0.25) is 4.98 Å². The molecule has 4 N–H and O–H groups in total. The maximum atomic E-state index is 14.5. The third-order valence-electron chi connectivity index (χ3n) is 3.74. The highest BCUT2D eigenvalue weighted by molar-refractivity contribution is 5.64. The minimum absolute atomic E-state index is 0.103. The highest BCUT2D eigenvalue weighted by Crippen LogP contribution is 2.43. The minimum Gasteiger partial charge on any atom is -0.408 e. The summed E-state index contributed by atoms with van der Waals surface area (Å²) in [5.41, 5.74) is 7.00. The van der Waals surface area contributed by atoms with Gasteiger partial charge in [-0.1, -0.05) is 12.5 Å². The predicted octanol–water partition coefficient (Wildman–Crippen LogP) is 2.38. The summed E-state index contributed by atoms with van der Waals surface area (Å²) in [7, 11) is 0. The Morgan fingerprint density at radius 1 is 1.20 bits per heavy atom. The Bertz CT molecular complexity index is 626. The van der Waals surface area contributed by atoms with Crippen molar-refractivity contribution in [2.45, 2.75) is 25.2 Å². The lowest BCUT2D eigenvalue weighted by molar-refractivity contribution is 0.301. The van der Waals surface area contributed by atoms with Crippen LogP contribution in [0.25, 0.3) is 11.3 Å². The fraction of sp³-hybridized carbons (Fsp3) is 0.286. The Morgan fingerprint density at radius 2 is 2.00 bits per heavy atom. The Hall–Kier alpha value is -2.21. The molecule has 0 saturated heterocycles. The van der Waals surface area contributed by atoms with E-state index in [4.69, 9.17) is 16.5 Å². The second kappa shape index (κ2) is 5.05. The Morgan fingerprint density at radius 3 is 2.55 bits per heavy atom. The molecular formula is C14H15FN4O. The maximum Gasteiger partial charge on any atom is 0.186 e. The van der Waals surface area contributed by atoms with E-state index in [1.165, 1.54) is 12.4 Å². The molecule has 2 aromatic rings. The summed E-state index contributed by atoms with van der Waals surface area (Å²) in [5, 5.41) is 0. The monoisotopic (exact) mass is 274 g/mol. The zero-order valence-corrected chi connectivity index (χ0v) is 10.8. The molecule has 1 aromatic carbocycles. The quantitative estimate of drug-likeness (QED) is 0.839. The molecule has 0 spiro atoms. The lowest BCUT2D eigenvalue weighted by atomic mass is 9.79. The molecule has 20 heavy (non-hydrogen) atoms. The highest BCUT2D eigenvalue weighted by Gasteiger charge is 2.26. The van der Waals surface area contributed by atoms with Gasteiger partial charge in [-0.2, -0.15) is 5.90 Å². The van der Waals surface area contributed by atoms with Gasteiger partial charge in [0.1, 0.15) is 5.82 Å². The first kappa shape index (κ1) is 12.8. The molecule has 1 aliphatic carbocycles. The number of aromatic nitrogens is 2. The molecule has 0 radical (unpaired) electrons. The first-order valence-corrected chi connectivity index (χ1v) is 6.47. The van der Waals surface area contributed by atoms with E-state index in [0.717, 1.165) is 24.8 Å². The number of benzene rings is 1. The number of hydrogen-bond acceptors (Lipinski definition) is 5. The highest BCUT2D eigenvalue weighted by atomic mass is 19.1. The number of nitrogens with zero attached hydrogens (tertiary/aromatic N) is 2. The SMILES string of the molecule is NOc1c(C2CCC2)ccc(-c2cnc(N)cn2)c1F. The molecule has 0 bridgehead atoms. The summed E-state index contributed by atoms with van der Waals surface area (Å²) in [4.78, 5) is 12.8. The van der Waals surface area contributed by atoms with E-state index in [-0.39, 0.29) is 11.6 Å². The lowest BCUT2D eigenvalue weighted by Crippen LogP contribution is -2.14. The number of nitrogen functional groups attached to an aromatic ring is 1. The van der Waals surface area contributed by atoms with Crippen molar-refractivity contribution in [1.29, 1.82) is 0 Å². The summed E-state index contributed by atoms with van der Waals surface area (Å²) < 4.78 is 14.5. The largest absolute Gasteiger partial charge is 0.408 e. The maximum absolute atomic E-state index is 14.5. The van der Waals surface area contributed by atoms with Crippen LogP contribution in [-0.4, -0.2) is 9.97 Å². The molecule has 0 amide bonds. The molecule has 1 aromatic heterocycles. The zero-order chi connectivity index (χ0) is 14.1. The first-order chi connectivity index (χ1) is 9.70. The van der Waals surface area contributed by atoms with Crippen LogP contribution in [0, 0.1) is 5.82 Å². The van der Waals surface area contributed by atoms with Crippen molar-refractivity contribution >= 4 is 5.82 Å². The van der Waals surface area contributed by atoms with Gasteiger partial charge in [-0.25, -0.2) is 9.37 Å². The van der Waals surface area contributed by atoms with Crippen molar-refractivity contribution in [3.8, 4) is 17.0 Å². The van der Waals surface area contributed by atoms with Gasteiger partial charge in [0.2, 0.25) is 0 Å². The van der Waals surface area contributed by atoms with Crippen molar-refractivity contribution in [1.82, 2.24) is 9.97 Å². The van der Waals surface area contributed by atoms with E-state index in [1.54, 1.807) is 6.07 Å².